The lowest BCUT2D eigenvalue weighted by Gasteiger charge is -2.12. The second-order valence-corrected chi connectivity index (χ2v) is 4.19. The van der Waals surface area contributed by atoms with E-state index in [0.717, 1.165) is 11.4 Å². The largest absolute Gasteiger partial charge is 0.490 e. The van der Waals surface area contributed by atoms with Gasteiger partial charge < -0.3 is 14.6 Å². The number of hydrogen-bond acceptors (Lipinski definition) is 5. The van der Waals surface area contributed by atoms with Crippen molar-refractivity contribution in [1.82, 2.24) is 15.0 Å². The van der Waals surface area contributed by atoms with Gasteiger partial charge in [-0.1, -0.05) is 5.21 Å². The Labute approximate surface area is 117 Å². The Morgan fingerprint density at radius 2 is 1.85 bits per heavy atom. The van der Waals surface area contributed by atoms with Crippen molar-refractivity contribution in [2.45, 2.75) is 27.4 Å². The second kappa shape index (κ2) is 6.38. The van der Waals surface area contributed by atoms with E-state index in [0.29, 0.717) is 30.4 Å². The molecule has 0 saturated heterocycles. The number of hydrogen-bond donors (Lipinski definition) is 1. The SMILES string of the molecule is CCOc1ccc(-n2nnc(CO)c2C)cc1OCC. The van der Waals surface area contributed by atoms with Crippen LogP contribution < -0.4 is 9.47 Å². The Balaban J connectivity index is 2.41. The van der Waals surface area contributed by atoms with Gasteiger partial charge in [-0.2, -0.15) is 0 Å². The fraction of sp³-hybridized carbons (Fsp3) is 0.429. The first-order chi connectivity index (χ1) is 9.71. The number of aliphatic hydroxyl groups excluding tert-OH is 1. The average Bonchev–Trinajstić information content (AvgIpc) is 2.82. The number of rotatable bonds is 6. The standard InChI is InChI=1S/C14H19N3O3/c1-4-19-13-7-6-11(8-14(13)20-5-2)17-10(3)12(9-18)15-16-17/h6-8,18H,4-5,9H2,1-3H3. The highest BCUT2D eigenvalue weighted by Crippen LogP contribution is 2.30. The third-order valence-electron chi connectivity index (χ3n) is 2.91. The van der Waals surface area contributed by atoms with Gasteiger partial charge in [0.05, 0.1) is 31.2 Å². The number of aliphatic hydroxyl groups is 1. The van der Waals surface area contributed by atoms with E-state index in [4.69, 9.17) is 9.47 Å². The molecule has 108 valence electrons. The van der Waals surface area contributed by atoms with Crippen LogP contribution in [0.25, 0.3) is 5.69 Å². The molecule has 6 nitrogen and oxygen atoms in total. The van der Waals surface area contributed by atoms with Crippen LogP contribution in [0.1, 0.15) is 25.2 Å². The van der Waals surface area contributed by atoms with E-state index < -0.39 is 0 Å². The van der Waals surface area contributed by atoms with Crippen LogP contribution in [0.3, 0.4) is 0 Å². The first-order valence-electron chi connectivity index (χ1n) is 6.63. The van der Waals surface area contributed by atoms with Gasteiger partial charge in [0.1, 0.15) is 5.69 Å². The lowest BCUT2D eigenvalue weighted by molar-refractivity contribution is 0.276. The van der Waals surface area contributed by atoms with Crippen LogP contribution >= 0.6 is 0 Å². The maximum atomic E-state index is 9.17. The topological polar surface area (TPSA) is 69.4 Å². The van der Waals surface area contributed by atoms with E-state index in [1.165, 1.54) is 0 Å². The fourth-order valence-electron chi connectivity index (χ4n) is 1.92. The average molecular weight is 277 g/mol. The molecule has 0 atom stereocenters. The summed E-state index contributed by atoms with van der Waals surface area (Å²) in [4.78, 5) is 0. The Bertz CT molecular complexity index is 581. The van der Waals surface area contributed by atoms with Crippen LogP contribution in [0.15, 0.2) is 18.2 Å². The van der Waals surface area contributed by atoms with Crippen molar-refractivity contribution in [2.75, 3.05) is 13.2 Å². The zero-order valence-corrected chi connectivity index (χ0v) is 12.0. The highest BCUT2D eigenvalue weighted by Gasteiger charge is 2.12. The summed E-state index contributed by atoms with van der Waals surface area (Å²) in [6.45, 7) is 6.73. The van der Waals surface area contributed by atoms with Crippen molar-refractivity contribution in [3.8, 4) is 17.2 Å². The fourth-order valence-corrected chi connectivity index (χ4v) is 1.92. The van der Waals surface area contributed by atoms with Crippen molar-refractivity contribution in [1.29, 1.82) is 0 Å². The number of ether oxygens (including phenoxy) is 2. The molecule has 0 bridgehead atoms. The summed E-state index contributed by atoms with van der Waals surface area (Å²) < 4.78 is 12.8. The van der Waals surface area contributed by atoms with Crippen LogP contribution in [0.2, 0.25) is 0 Å². The predicted molar refractivity (Wildman–Crippen MR) is 74.4 cm³/mol. The number of aromatic nitrogens is 3. The summed E-state index contributed by atoms with van der Waals surface area (Å²) in [5.74, 6) is 1.38. The molecule has 2 rings (SSSR count). The smallest absolute Gasteiger partial charge is 0.163 e. The molecular formula is C14H19N3O3. The zero-order chi connectivity index (χ0) is 14.5. The molecule has 0 radical (unpaired) electrons. The summed E-state index contributed by atoms with van der Waals surface area (Å²) in [6, 6.07) is 5.59. The Hall–Kier alpha value is -2.08. The van der Waals surface area contributed by atoms with Crippen LogP contribution in [0.5, 0.6) is 11.5 Å². The molecule has 2 aromatic rings. The normalized spacial score (nSPS) is 10.6. The highest BCUT2D eigenvalue weighted by molar-refractivity contribution is 5.49. The quantitative estimate of drug-likeness (QED) is 0.873. The third kappa shape index (κ3) is 2.75. The second-order valence-electron chi connectivity index (χ2n) is 4.19. The number of nitrogens with zero attached hydrogens (tertiary/aromatic N) is 3. The molecule has 0 saturated carbocycles. The summed E-state index contributed by atoms with van der Waals surface area (Å²) >= 11 is 0. The Morgan fingerprint density at radius 1 is 1.15 bits per heavy atom. The summed E-state index contributed by atoms with van der Waals surface area (Å²) in [5, 5.41) is 17.2. The van der Waals surface area contributed by atoms with Gasteiger partial charge in [0.25, 0.3) is 0 Å². The van der Waals surface area contributed by atoms with Crippen LogP contribution in [-0.4, -0.2) is 33.3 Å². The van der Waals surface area contributed by atoms with E-state index >= 15 is 0 Å². The van der Waals surface area contributed by atoms with Gasteiger partial charge in [0, 0.05) is 6.07 Å². The minimum atomic E-state index is -0.124. The maximum absolute atomic E-state index is 9.17. The van der Waals surface area contributed by atoms with Gasteiger partial charge in [0.2, 0.25) is 0 Å². The Kier molecular flexibility index (Phi) is 4.57. The summed E-state index contributed by atoms with van der Waals surface area (Å²) in [6.07, 6.45) is 0. The van der Waals surface area contributed by atoms with Gasteiger partial charge in [-0.25, -0.2) is 4.68 Å². The lowest BCUT2D eigenvalue weighted by atomic mass is 10.2. The highest BCUT2D eigenvalue weighted by atomic mass is 16.5. The van der Waals surface area contributed by atoms with Gasteiger partial charge >= 0.3 is 0 Å². The van der Waals surface area contributed by atoms with E-state index in [-0.39, 0.29) is 6.61 Å². The molecule has 1 aromatic carbocycles. The molecule has 0 spiro atoms. The minimum Gasteiger partial charge on any atom is -0.490 e. The molecule has 0 aliphatic carbocycles. The van der Waals surface area contributed by atoms with Crippen molar-refractivity contribution in [3.63, 3.8) is 0 Å². The van der Waals surface area contributed by atoms with Crippen molar-refractivity contribution in [2.24, 2.45) is 0 Å². The molecule has 1 heterocycles. The van der Waals surface area contributed by atoms with Crippen LogP contribution in [-0.2, 0) is 6.61 Å². The minimum absolute atomic E-state index is 0.124. The summed E-state index contributed by atoms with van der Waals surface area (Å²) in [5.41, 5.74) is 2.19. The Morgan fingerprint density at radius 3 is 2.45 bits per heavy atom. The van der Waals surface area contributed by atoms with Gasteiger partial charge in [-0.05, 0) is 32.9 Å². The van der Waals surface area contributed by atoms with E-state index in [1.807, 2.05) is 39.0 Å². The lowest BCUT2D eigenvalue weighted by Crippen LogP contribution is -2.03. The molecule has 1 N–H and O–H groups in total. The number of benzene rings is 1. The predicted octanol–water partition coefficient (Wildman–Crippen LogP) is 1.87. The van der Waals surface area contributed by atoms with Crippen molar-refractivity contribution in [3.05, 3.63) is 29.6 Å². The molecule has 0 aliphatic heterocycles. The molecule has 0 unspecified atom stereocenters. The molecule has 0 amide bonds. The van der Waals surface area contributed by atoms with Crippen LogP contribution in [0, 0.1) is 6.92 Å². The molecular weight excluding hydrogens is 258 g/mol. The van der Waals surface area contributed by atoms with Crippen LogP contribution in [0.4, 0.5) is 0 Å². The molecule has 6 heteroatoms. The van der Waals surface area contributed by atoms with E-state index in [1.54, 1.807) is 4.68 Å². The third-order valence-corrected chi connectivity index (χ3v) is 2.91. The first kappa shape index (κ1) is 14.3. The molecule has 20 heavy (non-hydrogen) atoms. The van der Waals surface area contributed by atoms with Gasteiger partial charge in [-0.3, -0.25) is 0 Å². The first-order valence-corrected chi connectivity index (χ1v) is 6.63. The van der Waals surface area contributed by atoms with Gasteiger partial charge in [0.15, 0.2) is 11.5 Å². The molecule has 1 aromatic heterocycles. The van der Waals surface area contributed by atoms with E-state index in [9.17, 15) is 5.11 Å². The van der Waals surface area contributed by atoms with Crippen molar-refractivity contribution >= 4 is 0 Å². The monoisotopic (exact) mass is 277 g/mol. The van der Waals surface area contributed by atoms with Crippen molar-refractivity contribution < 1.29 is 14.6 Å². The molecule has 0 fully saturated rings. The van der Waals surface area contributed by atoms with E-state index in [2.05, 4.69) is 10.3 Å². The zero-order valence-electron chi connectivity index (χ0n) is 12.0. The molecule has 0 aliphatic rings. The van der Waals surface area contributed by atoms with Gasteiger partial charge in [-0.15, -0.1) is 5.10 Å². The summed E-state index contributed by atoms with van der Waals surface area (Å²) in [7, 11) is 0. The maximum Gasteiger partial charge on any atom is 0.163 e.